The Labute approximate surface area is 375 Å². The molecule has 0 atom stereocenters. The van der Waals surface area contributed by atoms with Gasteiger partial charge in [-0.15, -0.1) is 0 Å². The summed E-state index contributed by atoms with van der Waals surface area (Å²) >= 11 is 0. The quantitative estimate of drug-likeness (QED) is 0.155. The highest BCUT2D eigenvalue weighted by Crippen LogP contribution is 2.60. The average Bonchev–Trinajstić information content (AvgIpc) is 3.62. The van der Waals surface area contributed by atoms with Gasteiger partial charge in [-0.25, -0.2) is 0 Å². The monoisotopic (exact) mass is 815 g/mol. The van der Waals surface area contributed by atoms with Gasteiger partial charge in [0.15, 0.2) is 0 Å². The molecule has 0 aromatic heterocycles. The molecule has 63 heavy (non-hydrogen) atoms. The second kappa shape index (κ2) is 15.1. The fraction of sp³-hybridized carbons (Fsp3) is 0.226. The fourth-order valence-corrected chi connectivity index (χ4v) is 11.7. The highest BCUT2D eigenvalue weighted by molar-refractivity contribution is 5.97. The van der Waals surface area contributed by atoms with Gasteiger partial charge in [0.05, 0.1) is 16.8 Å². The summed E-state index contributed by atoms with van der Waals surface area (Å²) in [6, 6.07) is 69.4. The van der Waals surface area contributed by atoms with Gasteiger partial charge >= 0.3 is 0 Å². The molecule has 0 radical (unpaired) electrons. The number of hydrogen-bond donors (Lipinski definition) is 0. The highest BCUT2D eigenvalue weighted by Gasteiger charge is 2.47. The van der Waals surface area contributed by atoms with Gasteiger partial charge in [0.25, 0.3) is 0 Å². The molecular weight excluding hydrogens is 759 g/mol. The lowest BCUT2D eigenvalue weighted by molar-refractivity contribution is 0.332. The molecule has 3 aliphatic rings. The van der Waals surface area contributed by atoms with Gasteiger partial charge in [0, 0.05) is 11.3 Å². The zero-order valence-electron chi connectivity index (χ0n) is 37.5. The average molecular weight is 816 g/mol. The Morgan fingerprint density at radius 3 is 1.71 bits per heavy atom. The molecular formula is C62H57N. The van der Waals surface area contributed by atoms with E-state index in [-0.39, 0.29) is 10.8 Å². The molecule has 0 N–H and O–H groups in total. The van der Waals surface area contributed by atoms with E-state index in [9.17, 15) is 0 Å². The maximum absolute atomic E-state index is 2.67. The molecule has 8 aromatic rings. The maximum Gasteiger partial charge on any atom is 0.0714 e. The molecule has 0 saturated carbocycles. The van der Waals surface area contributed by atoms with Crippen LogP contribution < -0.4 is 4.90 Å². The van der Waals surface area contributed by atoms with Gasteiger partial charge in [-0.3, -0.25) is 0 Å². The second-order valence-electron chi connectivity index (χ2n) is 19.8. The molecule has 0 bridgehead atoms. The maximum atomic E-state index is 2.67. The summed E-state index contributed by atoms with van der Waals surface area (Å²) in [7, 11) is 0. The van der Waals surface area contributed by atoms with Gasteiger partial charge < -0.3 is 4.90 Å². The van der Waals surface area contributed by atoms with Gasteiger partial charge in [-0.2, -0.15) is 0 Å². The normalized spacial score (nSPS) is 16.3. The Morgan fingerprint density at radius 1 is 0.429 bits per heavy atom. The minimum atomic E-state index is -0.530. The van der Waals surface area contributed by atoms with Crippen LogP contribution in [0.2, 0.25) is 0 Å². The van der Waals surface area contributed by atoms with Crippen molar-refractivity contribution in [2.75, 3.05) is 4.90 Å². The van der Waals surface area contributed by atoms with Crippen molar-refractivity contribution in [3.05, 3.63) is 232 Å². The molecule has 1 heteroatoms. The minimum Gasteiger partial charge on any atom is -0.309 e. The van der Waals surface area contributed by atoms with Gasteiger partial charge in [-0.05, 0) is 158 Å². The number of rotatable bonds is 7. The van der Waals surface area contributed by atoms with E-state index in [1.54, 1.807) is 0 Å². The predicted molar refractivity (Wildman–Crippen MR) is 266 cm³/mol. The predicted octanol–water partition coefficient (Wildman–Crippen LogP) is 16.4. The Kier molecular flexibility index (Phi) is 9.46. The molecule has 0 fully saturated rings. The van der Waals surface area contributed by atoms with Crippen LogP contribution in [0, 0.1) is 6.92 Å². The van der Waals surface area contributed by atoms with Gasteiger partial charge in [0.2, 0.25) is 0 Å². The summed E-state index contributed by atoms with van der Waals surface area (Å²) in [6.45, 7) is 12.1. The lowest BCUT2D eigenvalue weighted by Crippen LogP contribution is -2.33. The van der Waals surface area contributed by atoms with E-state index in [0.29, 0.717) is 0 Å². The number of fused-ring (bicyclic) bond motifs is 5. The standard InChI is InChI=1S/C62H57N/c1-42-29-30-45-21-15-16-26-50(45)59(42)63(49-34-31-44(32-35-49)43-19-9-6-10-20-43)58-41-56-53(40-52(58)46-33-36-55-57(39-46)61(4,5)38-37-60(55,2)3)51-27-17-18-28-54(51)62(56,47-22-11-7-12-23-47)48-24-13-8-14-25-48/h6-14,17-20,22-25,27-36,39-41H,15-16,21,26,37-38H2,1-5H3. The summed E-state index contributed by atoms with van der Waals surface area (Å²) in [6.07, 6.45) is 7.01. The largest absolute Gasteiger partial charge is 0.309 e. The van der Waals surface area contributed by atoms with E-state index < -0.39 is 5.41 Å². The van der Waals surface area contributed by atoms with Gasteiger partial charge in [-0.1, -0.05) is 185 Å². The Balaban J connectivity index is 1.27. The van der Waals surface area contributed by atoms with Crippen molar-refractivity contribution in [3.8, 4) is 33.4 Å². The van der Waals surface area contributed by atoms with Crippen molar-refractivity contribution in [1.29, 1.82) is 0 Å². The number of aryl methyl sites for hydroxylation is 2. The van der Waals surface area contributed by atoms with Gasteiger partial charge in [0.1, 0.15) is 0 Å². The van der Waals surface area contributed by atoms with Crippen molar-refractivity contribution in [2.45, 2.75) is 89.4 Å². The molecule has 8 aromatic carbocycles. The first-order valence-corrected chi connectivity index (χ1v) is 23.3. The lowest BCUT2D eigenvalue weighted by Gasteiger charge is -2.42. The molecule has 0 unspecified atom stereocenters. The van der Waals surface area contributed by atoms with Crippen LogP contribution >= 0.6 is 0 Å². The summed E-state index contributed by atoms with van der Waals surface area (Å²) in [5.74, 6) is 0. The van der Waals surface area contributed by atoms with E-state index in [2.05, 4.69) is 222 Å². The smallest absolute Gasteiger partial charge is 0.0714 e. The Bertz CT molecular complexity index is 2950. The van der Waals surface area contributed by atoms with E-state index >= 15 is 0 Å². The molecule has 0 aliphatic heterocycles. The number of anilines is 3. The zero-order valence-corrected chi connectivity index (χ0v) is 37.5. The molecule has 0 heterocycles. The lowest BCUT2D eigenvalue weighted by atomic mass is 9.63. The van der Waals surface area contributed by atoms with E-state index in [1.807, 2.05) is 0 Å². The third kappa shape index (κ3) is 6.34. The number of nitrogens with zero attached hydrogens (tertiary/aromatic N) is 1. The zero-order chi connectivity index (χ0) is 42.9. The molecule has 310 valence electrons. The molecule has 0 saturated heterocycles. The van der Waals surface area contributed by atoms with E-state index in [4.69, 9.17) is 0 Å². The summed E-state index contributed by atoms with van der Waals surface area (Å²) in [5, 5.41) is 0. The molecule has 3 aliphatic carbocycles. The van der Waals surface area contributed by atoms with Crippen LogP contribution in [0.4, 0.5) is 17.1 Å². The first kappa shape index (κ1) is 39.4. The fourth-order valence-electron chi connectivity index (χ4n) is 11.7. The van der Waals surface area contributed by atoms with Crippen LogP contribution in [0.25, 0.3) is 33.4 Å². The summed E-state index contributed by atoms with van der Waals surface area (Å²) in [5.41, 5.74) is 23.5. The third-order valence-electron chi connectivity index (χ3n) is 15.1. The third-order valence-corrected chi connectivity index (χ3v) is 15.1. The van der Waals surface area contributed by atoms with Crippen molar-refractivity contribution in [2.24, 2.45) is 0 Å². The minimum absolute atomic E-state index is 0.0716. The molecule has 11 rings (SSSR count). The summed E-state index contributed by atoms with van der Waals surface area (Å²) < 4.78 is 0. The van der Waals surface area contributed by atoms with Crippen LogP contribution in [0.1, 0.15) is 103 Å². The number of benzene rings is 8. The topological polar surface area (TPSA) is 3.24 Å². The Morgan fingerprint density at radius 2 is 1.02 bits per heavy atom. The van der Waals surface area contributed by atoms with Crippen molar-refractivity contribution in [1.82, 2.24) is 0 Å². The summed E-state index contributed by atoms with van der Waals surface area (Å²) in [4.78, 5) is 2.67. The Hall–Kier alpha value is -6.44. The highest BCUT2D eigenvalue weighted by atomic mass is 15.2. The van der Waals surface area contributed by atoms with Crippen LogP contribution in [-0.2, 0) is 29.1 Å². The first-order valence-electron chi connectivity index (χ1n) is 23.3. The van der Waals surface area contributed by atoms with E-state index in [0.717, 1.165) is 12.8 Å². The van der Waals surface area contributed by atoms with Crippen LogP contribution in [0.5, 0.6) is 0 Å². The second-order valence-corrected chi connectivity index (χ2v) is 19.8. The number of hydrogen-bond acceptors (Lipinski definition) is 1. The molecule has 1 nitrogen and oxygen atoms in total. The van der Waals surface area contributed by atoms with Crippen LogP contribution in [0.3, 0.4) is 0 Å². The van der Waals surface area contributed by atoms with E-state index in [1.165, 1.54) is 126 Å². The molecule has 0 amide bonds. The van der Waals surface area contributed by atoms with Crippen molar-refractivity contribution >= 4 is 17.1 Å². The van der Waals surface area contributed by atoms with Crippen LogP contribution in [-0.4, -0.2) is 0 Å². The van der Waals surface area contributed by atoms with Crippen molar-refractivity contribution < 1.29 is 0 Å². The first-order chi connectivity index (χ1) is 30.6. The van der Waals surface area contributed by atoms with Crippen LogP contribution in [0.15, 0.2) is 182 Å². The molecule has 0 spiro atoms. The van der Waals surface area contributed by atoms with Crippen molar-refractivity contribution in [3.63, 3.8) is 0 Å². The SMILES string of the molecule is Cc1ccc2c(c1N(c1ccc(-c3ccccc3)cc1)c1cc3c(cc1-c1ccc4c(c1)C(C)(C)CCC4(C)C)-c1ccccc1C3(c1ccccc1)c1ccccc1)CCCC2.